The molecule has 0 spiro atoms. The van der Waals surface area contributed by atoms with Crippen LogP contribution < -0.4 is 15.3 Å². The smallest absolute Gasteiger partial charge is 0.217 e. The summed E-state index contributed by atoms with van der Waals surface area (Å²) in [6, 6.07) is 16.0. The first-order valence-electron chi connectivity index (χ1n) is 8.39. The van der Waals surface area contributed by atoms with Crippen molar-refractivity contribution in [3.8, 4) is 28.8 Å². The predicted molar refractivity (Wildman–Crippen MR) is 103 cm³/mol. The average Bonchev–Trinajstić information content (AvgIpc) is 2.71. The molecule has 0 aliphatic heterocycles. The van der Waals surface area contributed by atoms with Gasteiger partial charge in [0.05, 0.1) is 19.4 Å². The van der Waals surface area contributed by atoms with E-state index in [1.807, 2.05) is 37.3 Å². The third-order valence-electron chi connectivity index (χ3n) is 3.85. The molecule has 0 atom stereocenters. The molecule has 3 aromatic rings. The van der Waals surface area contributed by atoms with Crippen LogP contribution in [0.25, 0.3) is 11.4 Å². The van der Waals surface area contributed by atoms with E-state index in [0.717, 1.165) is 5.56 Å². The fourth-order valence-electron chi connectivity index (χ4n) is 2.61. The molecule has 0 aliphatic rings. The molecule has 0 amide bonds. The Hall–Kier alpha value is -3.61. The maximum atomic E-state index is 10.4. The molecule has 3 rings (SSSR count). The van der Waals surface area contributed by atoms with E-state index in [1.54, 1.807) is 18.2 Å². The van der Waals surface area contributed by atoms with Crippen LogP contribution in [-0.4, -0.2) is 34.5 Å². The van der Waals surface area contributed by atoms with Crippen molar-refractivity contribution in [2.24, 2.45) is 10.9 Å². The lowest BCUT2D eigenvalue weighted by Gasteiger charge is -2.12. The highest BCUT2D eigenvalue weighted by Gasteiger charge is 2.17. The number of aromatic hydroxyl groups is 1. The standard InChI is InChI=1S/C20H20N4O3/c1-3-27-14-9-10-15(17(25)11-14)19(24-21)16-12-18(26-2)23-20(22-16)13-7-5-4-6-8-13/h4-12,25H,3,21H2,1-2H3/b24-19+. The maximum Gasteiger partial charge on any atom is 0.217 e. The molecule has 3 N–H and O–H groups in total. The number of hydrogen-bond donors (Lipinski definition) is 2. The van der Waals surface area contributed by atoms with Gasteiger partial charge in [-0.2, -0.15) is 10.1 Å². The lowest BCUT2D eigenvalue weighted by atomic mass is 10.1. The number of rotatable bonds is 6. The molecule has 1 heterocycles. The van der Waals surface area contributed by atoms with Crippen LogP contribution in [0.5, 0.6) is 17.4 Å². The first-order valence-corrected chi connectivity index (χ1v) is 8.39. The highest BCUT2D eigenvalue weighted by Crippen LogP contribution is 2.27. The number of hydrazone groups is 1. The van der Waals surface area contributed by atoms with Gasteiger partial charge in [0.1, 0.15) is 17.2 Å². The van der Waals surface area contributed by atoms with Crippen molar-refractivity contribution >= 4 is 5.71 Å². The van der Waals surface area contributed by atoms with Gasteiger partial charge < -0.3 is 20.4 Å². The van der Waals surface area contributed by atoms with Gasteiger partial charge in [-0.25, -0.2) is 4.98 Å². The minimum Gasteiger partial charge on any atom is -0.507 e. The fourth-order valence-corrected chi connectivity index (χ4v) is 2.61. The molecule has 0 fully saturated rings. The number of phenolic OH excluding ortho intramolecular Hbond substituents is 1. The van der Waals surface area contributed by atoms with Gasteiger partial charge in [-0.15, -0.1) is 0 Å². The van der Waals surface area contributed by atoms with E-state index in [0.29, 0.717) is 41.0 Å². The monoisotopic (exact) mass is 364 g/mol. The van der Waals surface area contributed by atoms with Gasteiger partial charge in [-0.3, -0.25) is 0 Å². The fraction of sp³-hybridized carbons (Fsp3) is 0.150. The van der Waals surface area contributed by atoms with Gasteiger partial charge in [0.25, 0.3) is 0 Å². The predicted octanol–water partition coefficient (Wildman–Crippen LogP) is 2.97. The van der Waals surface area contributed by atoms with Crippen LogP contribution in [0.4, 0.5) is 0 Å². The van der Waals surface area contributed by atoms with E-state index < -0.39 is 0 Å². The van der Waals surface area contributed by atoms with Crippen LogP contribution in [0.1, 0.15) is 18.2 Å². The van der Waals surface area contributed by atoms with E-state index in [9.17, 15) is 5.11 Å². The summed E-state index contributed by atoms with van der Waals surface area (Å²) in [7, 11) is 1.52. The SMILES string of the molecule is CCOc1ccc(/C(=N\N)c2cc(OC)nc(-c3ccccc3)n2)c(O)c1. The van der Waals surface area contributed by atoms with Crippen molar-refractivity contribution in [2.45, 2.75) is 6.92 Å². The third kappa shape index (κ3) is 3.98. The molecular weight excluding hydrogens is 344 g/mol. The molecule has 0 unspecified atom stereocenters. The van der Waals surface area contributed by atoms with Crippen molar-refractivity contribution in [3.63, 3.8) is 0 Å². The van der Waals surface area contributed by atoms with Gasteiger partial charge in [0.15, 0.2) is 5.82 Å². The summed E-state index contributed by atoms with van der Waals surface area (Å²) < 4.78 is 10.7. The molecule has 0 radical (unpaired) electrons. The Kier molecular flexibility index (Phi) is 5.51. The van der Waals surface area contributed by atoms with Crippen molar-refractivity contribution in [2.75, 3.05) is 13.7 Å². The van der Waals surface area contributed by atoms with E-state index in [4.69, 9.17) is 15.3 Å². The van der Waals surface area contributed by atoms with Crippen LogP contribution in [0.15, 0.2) is 59.7 Å². The molecule has 1 aromatic heterocycles. The van der Waals surface area contributed by atoms with Crippen LogP contribution in [0.3, 0.4) is 0 Å². The third-order valence-corrected chi connectivity index (χ3v) is 3.85. The van der Waals surface area contributed by atoms with E-state index >= 15 is 0 Å². The van der Waals surface area contributed by atoms with Gasteiger partial charge in [-0.05, 0) is 19.1 Å². The van der Waals surface area contributed by atoms with Crippen molar-refractivity contribution < 1.29 is 14.6 Å². The minimum atomic E-state index is -0.0102. The molecule has 138 valence electrons. The Labute approximate surface area is 157 Å². The molecule has 7 nitrogen and oxygen atoms in total. The molecule has 2 aromatic carbocycles. The number of benzene rings is 2. The zero-order chi connectivity index (χ0) is 19.2. The Morgan fingerprint density at radius 1 is 1.11 bits per heavy atom. The number of hydrogen-bond acceptors (Lipinski definition) is 7. The summed E-state index contributed by atoms with van der Waals surface area (Å²) in [6.45, 7) is 2.37. The minimum absolute atomic E-state index is 0.0102. The van der Waals surface area contributed by atoms with Crippen molar-refractivity contribution in [1.29, 1.82) is 0 Å². The second-order valence-electron chi connectivity index (χ2n) is 5.57. The second kappa shape index (κ2) is 8.18. The summed E-state index contributed by atoms with van der Waals surface area (Å²) >= 11 is 0. The molecular formula is C20H20N4O3. The molecule has 0 aliphatic carbocycles. The quantitative estimate of drug-likeness (QED) is 0.396. The van der Waals surface area contributed by atoms with E-state index in [1.165, 1.54) is 13.2 Å². The molecule has 0 saturated carbocycles. The van der Waals surface area contributed by atoms with Crippen LogP contribution >= 0.6 is 0 Å². The van der Waals surface area contributed by atoms with Crippen LogP contribution in [0.2, 0.25) is 0 Å². The average molecular weight is 364 g/mol. The van der Waals surface area contributed by atoms with Gasteiger partial charge in [-0.1, -0.05) is 30.3 Å². The Bertz CT molecular complexity index is 959. The topological polar surface area (TPSA) is 103 Å². The molecule has 0 bridgehead atoms. The number of phenols is 1. The number of aromatic nitrogens is 2. The van der Waals surface area contributed by atoms with Crippen molar-refractivity contribution in [3.05, 3.63) is 65.9 Å². The Morgan fingerprint density at radius 3 is 2.52 bits per heavy atom. The zero-order valence-electron chi connectivity index (χ0n) is 15.1. The highest BCUT2D eigenvalue weighted by molar-refractivity contribution is 6.13. The summed E-state index contributed by atoms with van der Waals surface area (Å²) in [4.78, 5) is 8.94. The summed E-state index contributed by atoms with van der Waals surface area (Å²) in [6.07, 6.45) is 0. The lowest BCUT2D eigenvalue weighted by Crippen LogP contribution is -2.11. The number of nitrogens with zero attached hydrogens (tertiary/aromatic N) is 3. The molecule has 7 heteroatoms. The maximum absolute atomic E-state index is 10.4. The number of methoxy groups -OCH3 is 1. The lowest BCUT2D eigenvalue weighted by molar-refractivity contribution is 0.337. The highest BCUT2D eigenvalue weighted by atomic mass is 16.5. The Balaban J connectivity index is 2.08. The van der Waals surface area contributed by atoms with Crippen LogP contribution in [-0.2, 0) is 0 Å². The van der Waals surface area contributed by atoms with Gasteiger partial charge in [0, 0.05) is 23.3 Å². The first-order chi connectivity index (χ1) is 13.2. The van der Waals surface area contributed by atoms with Gasteiger partial charge >= 0.3 is 0 Å². The van der Waals surface area contributed by atoms with Crippen molar-refractivity contribution in [1.82, 2.24) is 9.97 Å². The zero-order valence-corrected chi connectivity index (χ0v) is 15.1. The van der Waals surface area contributed by atoms with Crippen LogP contribution in [0, 0.1) is 0 Å². The second-order valence-corrected chi connectivity index (χ2v) is 5.57. The van der Waals surface area contributed by atoms with E-state index in [-0.39, 0.29) is 5.75 Å². The van der Waals surface area contributed by atoms with Gasteiger partial charge in [0.2, 0.25) is 5.88 Å². The largest absolute Gasteiger partial charge is 0.507 e. The van der Waals surface area contributed by atoms with E-state index in [2.05, 4.69) is 15.1 Å². The Morgan fingerprint density at radius 2 is 1.89 bits per heavy atom. The normalized spacial score (nSPS) is 11.3. The molecule has 27 heavy (non-hydrogen) atoms. The number of ether oxygens (including phenoxy) is 2. The summed E-state index contributed by atoms with van der Waals surface area (Å²) in [5.41, 5.74) is 2.00. The summed E-state index contributed by atoms with van der Waals surface area (Å²) in [5.74, 6) is 7.01. The molecule has 0 saturated heterocycles. The number of nitrogens with two attached hydrogens (primary N) is 1. The summed E-state index contributed by atoms with van der Waals surface area (Å²) in [5, 5.41) is 14.2. The first kappa shape index (κ1) is 18.2.